The van der Waals surface area contributed by atoms with E-state index in [-0.39, 0.29) is 6.61 Å². The predicted octanol–water partition coefficient (Wildman–Crippen LogP) is 2.23. The second-order valence-electron chi connectivity index (χ2n) is 3.08. The first-order chi connectivity index (χ1) is 8.33. The summed E-state index contributed by atoms with van der Waals surface area (Å²) < 4.78 is 28.0. The maximum atomic E-state index is 11.6. The van der Waals surface area contributed by atoms with Crippen LogP contribution < -0.4 is 4.74 Å². The smallest absolute Gasteiger partial charge is 0.213 e. The van der Waals surface area contributed by atoms with Crippen LogP contribution in [0.3, 0.4) is 0 Å². The van der Waals surface area contributed by atoms with Gasteiger partial charge in [0.25, 0.3) is 0 Å². The molecule has 1 aromatic heterocycles. The van der Waals surface area contributed by atoms with Crippen LogP contribution in [0.4, 0.5) is 4.39 Å². The van der Waals surface area contributed by atoms with Crippen molar-refractivity contribution in [3.8, 4) is 5.88 Å². The number of alkyl halides is 1. The van der Waals surface area contributed by atoms with E-state index in [9.17, 15) is 4.39 Å². The van der Waals surface area contributed by atoms with Crippen LogP contribution in [0.2, 0.25) is 0 Å². The number of hydrogen-bond acceptors (Lipinski definition) is 4. The molecular weight excluding hydrogens is 293 g/mol. The van der Waals surface area contributed by atoms with Crippen LogP contribution >= 0.6 is 15.9 Å². The van der Waals surface area contributed by atoms with Crippen molar-refractivity contribution >= 4 is 15.9 Å². The summed E-state index contributed by atoms with van der Waals surface area (Å²) in [4.78, 5) is 4.05. The molecule has 0 saturated carbocycles. The van der Waals surface area contributed by atoms with Crippen molar-refractivity contribution in [1.82, 2.24) is 4.98 Å². The lowest BCUT2D eigenvalue weighted by Gasteiger charge is -2.06. The fraction of sp³-hybridized carbons (Fsp3) is 0.545. The third-order valence-corrected chi connectivity index (χ3v) is 2.24. The summed E-state index contributed by atoms with van der Waals surface area (Å²) in [6.45, 7) is 1.40. The summed E-state index contributed by atoms with van der Waals surface area (Å²) in [6, 6.07) is 3.63. The van der Waals surface area contributed by atoms with Crippen molar-refractivity contribution in [2.45, 2.75) is 0 Å². The Labute approximate surface area is 108 Å². The van der Waals surface area contributed by atoms with Crippen molar-refractivity contribution in [3.63, 3.8) is 0 Å². The van der Waals surface area contributed by atoms with E-state index in [4.69, 9.17) is 14.2 Å². The fourth-order valence-electron chi connectivity index (χ4n) is 1.03. The molecular formula is C11H15BrFNO3. The molecule has 1 heterocycles. The summed E-state index contributed by atoms with van der Waals surface area (Å²) in [5, 5.41) is 0. The standard InChI is InChI=1S/C11H15BrFNO3/c12-10-1-2-11(14-9-10)17-8-7-16-6-5-15-4-3-13/h1-2,9H,3-8H2. The maximum absolute atomic E-state index is 11.6. The maximum Gasteiger partial charge on any atom is 0.213 e. The van der Waals surface area contributed by atoms with E-state index in [2.05, 4.69) is 20.9 Å². The molecule has 4 nitrogen and oxygen atoms in total. The van der Waals surface area contributed by atoms with Crippen LogP contribution in [-0.4, -0.2) is 44.7 Å². The molecule has 0 atom stereocenters. The third-order valence-electron chi connectivity index (χ3n) is 1.77. The van der Waals surface area contributed by atoms with E-state index >= 15 is 0 Å². The van der Waals surface area contributed by atoms with E-state index in [1.165, 1.54) is 0 Å². The molecule has 0 radical (unpaired) electrons. The van der Waals surface area contributed by atoms with Gasteiger partial charge >= 0.3 is 0 Å². The number of rotatable bonds is 9. The first-order valence-corrected chi connectivity index (χ1v) is 6.08. The Morgan fingerprint density at radius 2 is 1.76 bits per heavy atom. The number of hydrogen-bond donors (Lipinski definition) is 0. The van der Waals surface area contributed by atoms with E-state index in [1.54, 1.807) is 12.3 Å². The second-order valence-corrected chi connectivity index (χ2v) is 3.99. The van der Waals surface area contributed by atoms with E-state index in [1.807, 2.05) is 6.07 Å². The highest BCUT2D eigenvalue weighted by Gasteiger charge is 1.95. The lowest BCUT2D eigenvalue weighted by Crippen LogP contribution is -2.11. The lowest BCUT2D eigenvalue weighted by molar-refractivity contribution is 0.0320. The van der Waals surface area contributed by atoms with Crippen molar-refractivity contribution in [3.05, 3.63) is 22.8 Å². The molecule has 0 spiro atoms. The van der Waals surface area contributed by atoms with Gasteiger partial charge in [-0.3, -0.25) is 0 Å². The first kappa shape index (κ1) is 14.3. The average Bonchev–Trinajstić information content (AvgIpc) is 2.35. The highest BCUT2D eigenvalue weighted by atomic mass is 79.9. The molecule has 1 aromatic rings. The van der Waals surface area contributed by atoms with Crippen LogP contribution in [0, 0.1) is 0 Å². The van der Waals surface area contributed by atoms with Gasteiger partial charge in [0.15, 0.2) is 0 Å². The van der Waals surface area contributed by atoms with Gasteiger partial charge in [-0.15, -0.1) is 0 Å². The number of ether oxygens (including phenoxy) is 3. The number of halogens is 2. The molecule has 0 aliphatic heterocycles. The number of pyridine rings is 1. The summed E-state index contributed by atoms with van der Waals surface area (Å²) in [5.74, 6) is 0.561. The molecule has 0 unspecified atom stereocenters. The molecule has 0 bridgehead atoms. The van der Waals surface area contributed by atoms with Gasteiger partial charge in [0.1, 0.15) is 13.3 Å². The highest BCUT2D eigenvalue weighted by Crippen LogP contribution is 2.11. The molecule has 0 fully saturated rings. The van der Waals surface area contributed by atoms with Gasteiger partial charge in [0, 0.05) is 16.7 Å². The summed E-state index contributed by atoms with van der Waals surface area (Å²) >= 11 is 3.29. The SMILES string of the molecule is FCCOCCOCCOc1ccc(Br)cn1. The highest BCUT2D eigenvalue weighted by molar-refractivity contribution is 9.10. The van der Waals surface area contributed by atoms with Crippen LogP contribution in [-0.2, 0) is 9.47 Å². The molecule has 1 rings (SSSR count). The topological polar surface area (TPSA) is 40.6 Å². The molecule has 6 heteroatoms. The predicted molar refractivity (Wildman–Crippen MR) is 65.0 cm³/mol. The Balaban J connectivity index is 1.95. The van der Waals surface area contributed by atoms with Crippen molar-refractivity contribution in [2.24, 2.45) is 0 Å². The second kappa shape index (κ2) is 9.32. The quantitative estimate of drug-likeness (QED) is 0.656. The lowest BCUT2D eigenvalue weighted by atomic mass is 10.5. The van der Waals surface area contributed by atoms with E-state index in [0.717, 1.165) is 4.47 Å². The Morgan fingerprint density at radius 1 is 1.06 bits per heavy atom. The summed E-state index contributed by atoms with van der Waals surface area (Å²) in [7, 11) is 0. The van der Waals surface area contributed by atoms with Gasteiger partial charge < -0.3 is 14.2 Å². The minimum Gasteiger partial charge on any atom is -0.475 e. The summed E-state index contributed by atoms with van der Waals surface area (Å²) in [6.07, 6.45) is 1.67. The molecule has 0 amide bonds. The minimum absolute atomic E-state index is 0.128. The van der Waals surface area contributed by atoms with Gasteiger partial charge in [-0.25, -0.2) is 9.37 Å². The molecule has 0 N–H and O–H groups in total. The van der Waals surface area contributed by atoms with Crippen molar-refractivity contribution in [2.75, 3.05) is 39.7 Å². The Bertz CT molecular complexity index is 297. The van der Waals surface area contributed by atoms with Gasteiger partial charge in [-0.1, -0.05) is 0 Å². The molecule has 0 saturated heterocycles. The van der Waals surface area contributed by atoms with Crippen molar-refractivity contribution < 1.29 is 18.6 Å². The van der Waals surface area contributed by atoms with Gasteiger partial charge in [-0.2, -0.15) is 0 Å². The Morgan fingerprint density at radius 3 is 2.41 bits per heavy atom. The molecule has 0 aliphatic carbocycles. The Hall–Kier alpha value is -0.720. The van der Waals surface area contributed by atoms with Crippen LogP contribution in [0.15, 0.2) is 22.8 Å². The first-order valence-electron chi connectivity index (χ1n) is 5.28. The zero-order chi connectivity index (χ0) is 12.3. The fourth-order valence-corrected chi connectivity index (χ4v) is 1.26. The van der Waals surface area contributed by atoms with Crippen LogP contribution in [0.1, 0.15) is 0 Å². The van der Waals surface area contributed by atoms with E-state index < -0.39 is 6.67 Å². The normalized spacial score (nSPS) is 10.5. The molecule has 96 valence electrons. The zero-order valence-electron chi connectivity index (χ0n) is 9.40. The van der Waals surface area contributed by atoms with E-state index in [0.29, 0.717) is 32.3 Å². The van der Waals surface area contributed by atoms with Gasteiger partial charge in [-0.05, 0) is 22.0 Å². The Kier molecular flexibility index (Phi) is 7.87. The van der Waals surface area contributed by atoms with Crippen LogP contribution in [0.5, 0.6) is 5.88 Å². The molecule has 0 aromatic carbocycles. The molecule has 0 aliphatic rings. The number of aromatic nitrogens is 1. The third kappa shape index (κ3) is 7.25. The minimum atomic E-state index is -0.460. The summed E-state index contributed by atoms with van der Waals surface area (Å²) in [5.41, 5.74) is 0. The van der Waals surface area contributed by atoms with Gasteiger partial charge in [0.05, 0.1) is 26.4 Å². The monoisotopic (exact) mass is 307 g/mol. The number of nitrogens with zero attached hydrogens (tertiary/aromatic N) is 1. The van der Waals surface area contributed by atoms with Gasteiger partial charge in [0.2, 0.25) is 5.88 Å². The molecule has 17 heavy (non-hydrogen) atoms. The van der Waals surface area contributed by atoms with Crippen molar-refractivity contribution in [1.29, 1.82) is 0 Å². The average molecular weight is 308 g/mol. The van der Waals surface area contributed by atoms with Crippen LogP contribution in [0.25, 0.3) is 0 Å². The largest absolute Gasteiger partial charge is 0.475 e. The zero-order valence-corrected chi connectivity index (χ0v) is 11.0.